The first-order valence-electron chi connectivity index (χ1n) is 1.87. The summed E-state index contributed by atoms with van der Waals surface area (Å²) in [6.45, 7) is 0.0965. The first-order valence-corrected chi connectivity index (χ1v) is 1.87. The Hall–Kier alpha value is -0.720. The van der Waals surface area contributed by atoms with Crippen LogP contribution in [0, 0.1) is 4.91 Å². The zero-order chi connectivity index (χ0) is 6.24. The van der Waals surface area contributed by atoms with Crippen molar-refractivity contribution in [3.63, 3.8) is 0 Å². The van der Waals surface area contributed by atoms with Crippen LogP contribution in [0.1, 0.15) is 0 Å². The third kappa shape index (κ3) is 5.28. The summed E-state index contributed by atoms with van der Waals surface area (Å²) in [5, 5.41) is 9.80. The molecule has 0 radical (unpaired) electrons. The molecular weight excluding hydrogens is 116 g/mol. The lowest BCUT2D eigenvalue weighted by Crippen LogP contribution is -2.12. The highest BCUT2D eigenvalue weighted by Crippen LogP contribution is 1.72. The van der Waals surface area contributed by atoms with Crippen LogP contribution >= 0.6 is 0 Å². The quantitative estimate of drug-likeness (QED) is 0.294. The topological polar surface area (TPSA) is 80.2 Å². The van der Waals surface area contributed by atoms with Gasteiger partial charge in [0.1, 0.15) is 13.2 Å². The molecule has 0 aliphatic carbocycles. The van der Waals surface area contributed by atoms with Gasteiger partial charge in [-0.15, -0.1) is 4.91 Å². The lowest BCUT2D eigenvalue weighted by molar-refractivity contribution is -0.138. The second-order valence-corrected chi connectivity index (χ2v) is 0.848. The standard InChI is InChI=1S/C2H6N2O4/c5-3-7-1-2-8-4-6/h3,5H,1-2H2. The molecule has 0 aliphatic rings. The van der Waals surface area contributed by atoms with Gasteiger partial charge in [-0.1, -0.05) is 5.64 Å². The molecule has 0 rings (SSSR count). The number of hydrogen-bond donors (Lipinski definition) is 2. The number of hydrogen-bond acceptors (Lipinski definition) is 6. The van der Waals surface area contributed by atoms with Crippen molar-refractivity contribution in [2.45, 2.75) is 0 Å². The van der Waals surface area contributed by atoms with Crippen LogP contribution in [0.15, 0.2) is 5.34 Å². The zero-order valence-electron chi connectivity index (χ0n) is 4.03. The summed E-state index contributed by atoms with van der Waals surface area (Å²) in [5.41, 5.74) is 1.40. The van der Waals surface area contributed by atoms with E-state index in [1.54, 1.807) is 0 Å². The van der Waals surface area contributed by atoms with E-state index in [2.05, 4.69) is 15.0 Å². The summed E-state index contributed by atoms with van der Waals surface area (Å²) >= 11 is 0. The Labute approximate surface area is 45.2 Å². The minimum atomic E-state index is 0.0249. The average Bonchev–Trinajstić information content (AvgIpc) is 1.81. The van der Waals surface area contributed by atoms with Crippen LogP contribution in [-0.4, -0.2) is 18.4 Å². The molecule has 2 N–H and O–H groups in total. The van der Waals surface area contributed by atoms with Crippen LogP contribution in [0.4, 0.5) is 0 Å². The van der Waals surface area contributed by atoms with E-state index in [0.29, 0.717) is 0 Å². The second-order valence-electron chi connectivity index (χ2n) is 0.848. The molecule has 0 aromatic heterocycles. The van der Waals surface area contributed by atoms with E-state index >= 15 is 0 Å². The third-order valence-corrected chi connectivity index (χ3v) is 0.394. The smallest absolute Gasteiger partial charge is 0.155 e. The highest BCUT2D eigenvalue weighted by molar-refractivity contribution is 4.18. The molecule has 6 nitrogen and oxygen atoms in total. The van der Waals surface area contributed by atoms with Gasteiger partial charge in [0.05, 0.1) is 0 Å². The minimum Gasteiger partial charge on any atom is -0.362 e. The van der Waals surface area contributed by atoms with Gasteiger partial charge in [-0.25, -0.2) is 0 Å². The highest BCUT2D eigenvalue weighted by atomic mass is 16.8. The van der Waals surface area contributed by atoms with Gasteiger partial charge in [-0.05, 0) is 0 Å². The number of nitrogens with zero attached hydrogens (tertiary/aromatic N) is 1. The Balaban J connectivity index is 2.62. The van der Waals surface area contributed by atoms with E-state index in [4.69, 9.17) is 10.1 Å². The largest absolute Gasteiger partial charge is 0.362 e. The SMILES string of the molecule is O=NOCCONO. The monoisotopic (exact) mass is 122 g/mol. The van der Waals surface area contributed by atoms with Gasteiger partial charge in [-0.2, -0.15) is 0 Å². The summed E-state index contributed by atoms with van der Waals surface area (Å²) in [5.74, 6) is 0. The number of rotatable bonds is 5. The maximum atomic E-state index is 9.16. The van der Waals surface area contributed by atoms with E-state index in [0.717, 1.165) is 0 Å². The predicted molar refractivity (Wildman–Crippen MR) is 22.6 cm³/mol. The molecule has 8 heavy (non-hydrogen) atoms. The van der Waals surface area contributed by atoms with E-state index in [-0.39, 0.29) is 13.2 Å². The van der Waals surface area contributed by atoms with Crippen molar-refractivity contribution < 1.29 is 14.9 Å². The van der Waals surface area contributed by atoms with Crippen LogP contribution in [0.3, 0.4) is 0 Å². The summed E-state index contributed by atoms with van der Waals surface area (Å²) in [7, 11) is 0. The molecular formula is C2H6N2O4. The van der Waals surface area contributed by atoms with Crippen LogP contribution in [-0.2, 0) is 9.68 Å². The Morgan fingerprint density at radius 1 is 1.62 bits per heavy atom. The molecule has 0 aromatic carbocycles. The highest BCUT2D eigenvalue weighted by Gasteiger charge is 1.83. The van der Waals surface area contributed by atoms with Crippen molar-refractivity contribution in [2.24, 2.45) is 5.34 Å². The van der Waals surface area contributed by atoms with Crippen LogP contribution in [0.5, 0.6) is 0 Å². The Bertz CT molecular complexity index is 58.0. The normalized spacial score (nSPS) is 8.62. The Morgan fingerprint density at radius 3 is 2.88 bits per heavy atom. The molecule has 0 aliphatic heterocycles. The summed E-state index contributed by atoms with van der Waals surface area (Å²) < 4.78 is 0. The molecule has 6 heteroatoms. The van der Waals surface area contributed by atoms with E-state index in [1.165, 1.54) is 5.64 Å². The fourth-order valence-corrected chi connectivity index (χ4v) is 0.162. The predicted octanol–water partition coefficient (Wildman–Crippen LogP) is -0.405. The fraction of sp³-hybridized carbons (Fsp3) is 1.00. The summed E-state index contributed by atoms with van der Waals surface area (Å²) in [6.07, 6.45) is 0. The molecule has 0 heterocycles. The molecule has 48 valence electrons. The van der Waals surface area contributed by atoms with E-state index < -0.39 is 0 Å². The Morgan fingerprint density at radius 2 is 2.38 bits per heavy atom. The van der Waals surface area contributed by atoms with Crippen molar-refractivity contribution in [1.82, 2.24) is 5.64 Å². The van der Waals surface area contributed by atoms with Crippen molar-refractivity contribution in [3.05, 3.63) is 4.91 Å². The molecule has 0 fully saturated rings. The summed E-state index contributed by atoms with van der Waals surface area (Å²) in [6, 6.07) is 0. The fourth-order valence-electron chi connectivity index (χ4n) is 0.162. The molecule has 0 atom stereocenters. The Kier molecular flexibility index (Phi) is 5.71. The van der Waals surface area contributed by atoms with Crippen molar-refractivity contribution in [2.75, 3.05) is 13.2 Å². The first-order chi connectivity index (χ1) is 3.91. The van der Waals surface area contributed by atoms with Gasteiger partial charge in [-0.3, -0.25) is 10.0 Å². The summed E-state index contributed by atoms with van der Waals surface area (Å²) in [4.78, 5) is 17.2. The van der Waals surface area contributed by atoms with Gasteiger partial charge in [0.15, 0.2) is 5.34 Å². The lowest BCUT2D eigenvalue weighted by Gasteiger charge is -1.94. The zero-order valence-corrected chi connectivity index (χ0v) is 4.03. The number of nitrogens with one attached hydrogen (secondary N) is 1. The third-order valence-electron chi connectivity index (χ3n) is 0.394. The van der Waals surface area contributed by atoms with Crippen molar-refractivity contribution >= 4 is 0 Å². The molecule has 0 bridgehead atoms. The van der Waals surface area contributed by atoms with E-state index in [9.17, 15) is 0 Å². The maximum absolute atomic E-state index is 9.16. The van der Waals surface area contributed by atoms with Gasteiger partial charge < -0.3 is 4.84 Å². The lowest BCUT2D eigenvalue weighted by atomic mass is 10.8. The molecule has 0 amide bonds. The van der Waals surface area contributed by atoms with Gasteiger partial charge in [0.2, 0.25) is 0 Å². The van der Waals surface area contributed by atoms with Gasteiger partial charge >= 0.3 is 0 Å². The molecule has 0 spiro atoms. The van der Waals surface area contributed by atoms with Crippen LogP contribution in [0.2, 0.25) is 0 Å². The van der Waals surface area contributed by atoms with Crippen LogP contribution in [0.25, 0.3) is 0 Å². The van der Waals surface area contributed by atoms with Gasteiger partial charge in [0.25, 0.3) is 0 Å². The molecule has 0 unspecified atom stereocenters. The average molecular weight is 122 g/mol. The van der Waals surface area contributed by atoms with Crippen molar-refractivity contribution in [3.8, 4) is 0 Å². The van der Waals surface area contributed by atoms with E-state index in [1.807, 2.05) is 0 Å². The van der Waals surface area contributed by atoms with Crippen LogP contribution < -0.4 is 5.64 Å². The second kappa shape index (κ2) is 6.28. The maximum Gasteiger partial charge on any atom is 0.155 e. The first kappa shape index (κ1) is 7.28. The van der Waals surface area contributed by atoms with Crippen molar-refractivity contribution in [1.29, 1.82) is 0 Å². The molecule has 0 saturated carbocycles. The molecule has 0 aromatic rings. The molecule has 0 saturated heterocycles. The minimum absolute atomic E-state index is 0.0249. The van der Waals surface area contributed by atoms with Gasteiger partial charge in [0, 0.05) is 0 Å².